The van der Waals surface area contributed by atoms with Gasteiger partial charge in [-0.05, 0) is 19.3 Å². The quantitative estimate of drug-likeness (QED) is 0.447. The van der Waals surface area contributed by atoms with Crippen LogP contribution in [0.2, 0.25) is 0 Å². The number of aliphatic imine (C=N–C) groups is 1. The minimum absolute atomic E-state index is 0.319. The zero-order chi connectivity index (χ0) is 13.3. The fourth-order valence-corrected chi connectivity index (χ4v) is 3.15. The third-order valence-electron chi connectivity index (χ3n) is 3.38. The zero-order valence-electron chi connectivity index (χ0n) is 11.6. The zero-order valence-corrected chi connectivity index (χ0v) is 12.4. The van der Waals surface area contributed by atoms with Gasteiger partial charge in [0.1, 0.15) is 0 Å². The first-order valence-corrected chi connectivity index (χ1v) is 8.33. The Kier molecular flexibility index (Phi) is 6.81. The van der Waals surface area contributed by atoms with Gasteiger partial charge in [0, 0.05) is 44.4 Å². The number of thioether (sulfide) groups is 1. The molecule has 0 spiro atoms. The normalized spacial score (nSPS) is 24.9. The summed E-state index contributed by atoms with van der Waals surface area (Å²) >= 11 is 1.98. The molecule has 0 bridgehead atoms. The minimum atomic E-state index is 0.319. The molecule has 19 heavy (non-hydrogen) atoms. The molecule has 0 aromatic heterocycles. The summed E-state index contributed by atoms with van der Waals surface area (Å²) in [4.78, 5) is 6.59. The maximum atomic E-state index is 5.97. The SMILES string of the molecule is NC(=NCCCOCC1CCCO1)N1CCSCC1. The smallest absolute Gasteiger partial charge is 0.191 e. The molecule has 0 aromatic rings. The molecule has 0 saturated carbocycles. The second-order valence-electron chi connectivity index (χ2n) is 4.90. The highest BCUT2D eigenvalue weighted by Crippen LogP contribution is 2.12. The first kappa shape index (κ1) is 14.9. The predicted molar refractivity (Wildman–Crippen MR) is 79.8 cm³/mol. The highest BCUT2D eigenvalue weighted by molar-refractivity contribution is 7.99. The lowest BCUT2D eigenvalue weighted by Crippen LogP contribution is -2.42. The van der Waals surface area contributed by atoms with Crippen LogP contribution < -0.4 is 5.73 Å². The number of ether oxygens (including phenoxy) is 2. The molecule has 110 valence electrons. The van der Waals surface area contributed by atoms with Crippen LogP contribution in [0, 0.1) is 0 Å². The number of hydrogen-bond acceptors (Lipinski definition) is 4. The van der Waals surface area contributed by atoms with Crippen molar-refractivity contribution in [2.75, 3.05) is 51.0 Å². The molecular formula is C13H25N3O2S. The maximum absolute atomic E-state index is 5.97. The molecule has 0 aromatic carbocycles. The second kappa shape index (κ2) is 8.66. The van der Waals surface area contributed by atoms with Crippen LogP contribution in [0.5, 0.6) is 0 Å². The molecule has 2 fully saturated rings. The molecule has 2 aliphatic rings. The van der Waals surface area contributed by atoms with E-state index in [1.165, 1.54) is 6.42 Å². The van der Waals surface area contributed by atoms with Gasteiger partial charge < -0.3 is 20.1 Å². The van der Waals surface area contributed by atoms with Crippen LogP contribution in [0.3, 0.4) is 0 Å². The Morgan fingerprint density at radius 2 is 2.26 bits per heavy atom. The number of hydrogen-bond donors (Lipinski definition) is 1. The molecule has 2 aliphatic heterocycles. The van der Waals surface area contributed by atoms with Crippen molar-refractivity contribution < 1.29 is 9.47 Å². The summed E-state index contributed by atoms with van der Waals surface area (Å²) in [5, 5.41) is 0. The van der Waals surface area contributed by atoms with Crippen molar-refractivity contribution in [1.82, 2.24) is 4.90 Å². The molecule has 0 radical (unpaired) electrons. The predicted octanol–water partition coefficient (Wildman–Crippen LogP) is 0.936. The summed E-state index contributed by atoms with van der Waals surface area (Å²) in [5.74, 6) is 3.00. The van der Waals surface area contributed by atoms with Crippen LogP contribution in [0.4, 0.5) is 0 Å². The third kappa shape index (κ3) is 5.58. The van der Waals surface area contributed by atoms with Crippen molar-refractivity contribution in [1.29, 1.82) is 0 Å². The highest BCUT2D eigenvalue weighted by Gasteiger charge is 2.15. The van der Waals surface area contributed by atoms with Gasteiger partial charge in [0.2, 0.25) is 0 Å². The van der Waals surface area contributed by atoms with Crippen molar-refractivity contribution in [3.05, 3.63) is 0 Å². The summed E-state index contributed by atoms with van der Waals surface area (Å²) in [6.07, 6.45) is 3.55. The molecule has 2 saturated heterocycles. The Morgan fingerprint density at radius 1 is 1.42 bits per heavy atom. The van der Waals surface area contributed by atoms with Crippen LogP contribution in [-0.2, 0) is 9.47 Å². The minimum Gasteiger partial charge on any atom is -0.379 e. The van der Waals surface area contributed by atoms with Gasteiger partial charge in [0.05, 0.1) is 12.7 Å². The van der Waals surface area contributed by atoms with Gasteiger partial charge in [-0.2, -0.15) is 11.8 Å². The third-order valence-corrected chi connectivity index (χ3v) is 4.33. The van der Waals surface area contributed by atoms with E-state index in [2.05, 4.69) is 9.89 Å². The molecule has 5 nitrogen and oxygen atoms in total. The van der Waals surface area contributed by atoms with E-state index in [9.17, 15) is 0 Å². The lowest BCUT2D eigenvalue weighted by atomic mass is 10.2. The van der Waals surface area contributed by atoms with Gasteiger partial charge in [-0.25, -0.2) is 0 Å². The number of nitrogens with zero attached hydrogens (tertiary/aromatic N) is 2. The maximum Gasteiger partial charge on any atom is 0.191 e. The van der Waals surface area contributed by atoms with Crippen molar-refractivity contribution in [2.45, 2.75) is 25.4 Å². The molecule has 2 N–H and O–H groups in total. The van der Waals surface area contributed by atoms with Gasteiger partial charge in [0.15, 0.2) is 5.96 Å². The fourth-order valence-electron chi connectivity index (χ4n) is 2.24. The van der Waals surface area contributed by atoms with Gasteiger partial charge in [-0.3, -0.25) is 4.99 Å². The average molecular weight is 287 g/mol. The van der Waals surface area contributed by atoms with E-state index in [0.717, 1.165) is 63.8 Å². The number of nitrogens with two attached hydrogens (primary N) is 1. The van der Waals surface area contributed by atoms with Crippen molar-refractivity contribution in [3.63, 3.8) is 0 Å². The first-order valence-electron chi connectivity index (χ1n) is 7.18. The Bertz CT molecular complexity index is 277. The topological polar surface area (TPSA) is 60.1 Å². The lowest BCUT2D eigenvalue weighted by Gasteiger charge is -2.27. The molecule has 2 rings (SSSR count). The monoisotopic (exact) mass is 287 g/mol. The molecule has 6 heteroatoms. The molecular weight excluding hydrogens is 262 g/mol. The molecule has 0 aliphatic carbocycles. The van der Waals surface area contributed by atoms with Gasteiger partial charge >= 0.3 is 0 Å². The summed E-state index contributed by atoms with van der Waals surface area (Å²) in [5.41, 5.74) is 5.97. The fraction of sp³-hybridized carbons (Fsp3) is 0.923. The Morgan fingerprint density at radius 3 is 3.00 bits per heavy atom. The van der Waals surface area contributed by atoms with Crippen LogP contribution in [0.15, 0.2) is 4.99 Å². The van der Waals surface area contributed by atoms with Crippen LogP contribution in [0.1, 0.15) is 19.3 Å². The van der Waals surface area contributed by atoms with Gasteiger partial charge in [0.25, 0.3) is 0 Å². The summed E-state index contributed by atoms with van der Waals surface area (Å²) in [6, 6.07) is 0. The first-order chi connectivity index (χ1) is 9.36. The van der Waals surface area contributed by atoms with Crippen LogP contribution >= 0.6 is 11.8 Å². The van der Waals surface area contributed by atoms with Crippen LogP contribution in [0.25, 0.3) is 0 Å². The average Bonchev–Trinajstić information content (AvgIpc) is 2.96. The summed E-state index contributed by atoms with van der Waals surface area (Å²) < 4.78 is 11.1. The van der Waals surface area contributed by atoms with E-state index in [4.69, 9.17) is 15.2 Å². The summed E-state index contributed by atoms with van der Waals surface area (Å²) in [7, 11) is 0. The van der Waals surface area contributed by atoms with Crippen molar-refractivity contribution in [3.8, 4) is 0 Å². The molecule has 0 amide bonds. The Hall–Kier alpha value is -0.460. The van der Waals surface area contributed by atoms with Gasteiger partial charge in [-0.1, -0.05) is 0 Å². The van der Waals surface area contributed by atoms with Gasteiger partial charge in [-0.15, -0.1) is 0 Å². The van der Waals surface area contributed by atoms with E-state index in [0.29, 0.717) is 12.1 Å². The Balaban J connectivity index is 1.50. The number of guanidine groups is 1. The highest BCUT2D eigenvalue weighted by atomic mass is 32.2. The largest absolute Gasteiger partial charge is 0.379 e. The Labute approximate surface area is 119 Å². The summed E-state index contributed by atoms with van der Waals surface area (Å²) in [6.45, 7) is 5.16. The van der Waals surface area contributed by atoms with E-state index in [-0.39, 0.29) is 0 Å². The molecule has 2 heterocycles. The molecule has 1 unspecified atom stereocenters. The van der Waals surface area contributed by atoms with Crippen LogP contribution in [-0.4, -0.2) is 67.9 Å². The van der Waals surface area contributed by atoms with E-state index in [1.54, 1.807) is 0 Å². The van der Waals surface area contributed by atoms with E-state index in [1.807, 2.05) is 11.8 Å². The number of rotatable bonds is 6. The van der Waals surface area contributed by atoms with E-state index >= 15 is 0 Å². The van der Waals surface area contributed by atoms with E-state index < -0.39 is 0 Å². The molecule has 1 atom stereocenters. The standard InChI is InChI=1S/C13H25N3O2S/c14-13(16-5-9-19-10-6-16)15-4-2-7-17-11-12-3-1-8-18-12/h12H,1-11H2,(H2,14,15). The second-order valence-corrected chi connectivity index (χ2v) is 6.13. The van der Waals surface area contributed by atoms with Crippen molar-refractivity contribution in [2.24, 2.45) is 10.7 Å². The van der Waals surface area contributed by atoms with Crippen molar-refractivity contribution >= 4 is 17.7 Å². The lowest BCUT2D eigenvalue weighted by molar-refractivity contribution is 0.0170.